The predicted octanol–water partition coefficient (Wildman–Crippen LogP) is 3.00. The molecule has 1 aromatic carbocycles. The molecule has 3 aromatic heterocycles. The van der Waals surface area contributed by atoms with E-state index in [9.17, 15) is 8.42 Å². The third-order valence-corrected chi connectivity index (χ3v) is 9.90. The topological polar surface area (TPSA) is 103 Å². The Hall–Kier alpha value is -3.51. The maximum atomic E-state index is 12.1. The Labute approximate surface area is 234 Å². The van der Waals surface area contributed by atoms with Crippen molar-refractivity contribution in [1.82, 2.24) is 28.9 Å². The van der Waals surface area contributed by atoms with Gasteiger partial charge in [0, 0.05) is 63.3 Å². The van der Waals surface area contributed by atoms with Gasteiger partial charge in [0.25, 0.3) is 0 Å². The number of aromatic nitrogens is 5. The first-order valence-corrected chi connectivity index (χ1v) is 16.0. The van der Waals surface area contributed by atoms with E-state index in [2.05, 4.69) is 50.9 Å². The van der Waals surface area contributed by atoms with Crippen molar-refractivity contribution >= 4 is 44.0 Å². The smallest absolute Gasteiger partial charge is 0.211 e. The molecule has 11 nitrogen and oxygen atoms in total. The number of piperidine rings is 1. The van der Waals surface area contributed by atoms with Crippen LogP contribution >= 0.6 is 0 Å². The molecule has 3 aliphatic rings. The number of fused-ring (bicyclic) bond motifs is 2. The van der Waals surface area contributed by atoms with Crippen LogP contribution in [0, 0.1) is 6.92 Å². The second-order valence-corrected chi connectivity index (χ2v) is 13.2. The molecule has 3 saturated heterocycles. The van der Waals surface area contributed by atoms with E-state index in [4.69, 9.17) is 15.1 Å². The lowest BCUT2D eigenvalue weighted by Crippen LogP contribution is -2.49. The molecule has 0 spiro atoms. The molecule has 3 aliphatic heterocycles. The van der Waals surface area contributed by atoms with E-state index in [-0.39, 0.29) is 6.04 Å². The van der Waals surface area contributed by atoms with Gasteiger partial charge in [0.2, 0.25) is 10.0 Å². The van der Waals surface area contributed by atoms with Crippen molar-refractivity contribution in [1.29, 1.82) is 0 Å². The highest BCUT2D eigenvalue weighted by atomic mass is 32.2. The monoisotopic (exact) mass is 561 g/mol. The number of piperazine rings is 1. The molecule has 12 heteroatoms. The van der Waals surface area contributed by atoms with Crippen LogP contribution in [-0.4, -0.2) is 89.4 Å². The Morgan fingerprint density at radius 1 is 0.900 bits per heavy atom. The quantitative estimate of drug-likeness (QED) is 0.364. The molecule has 0 aliphatic carbocycles. The number of benzene rings is 1. The van der Waals surface area contributed by atoms with Crippen molar-refractivity contribution in [2.45, 2.75) is 38.6 Å². The third kappa shape index (κ3) is 4.43. The number of rotatable bonds is 5. The summed E-state index contributed by atoms with van der Waals surface area (Å²) in [5.41, 5.74) is 3.95. The fraction of sp³-hybridized carbons (Fsp3) is 0.500. The molecule has 1 atom stereocenters. The minimum Gasteiger partial charge on any atom is -0.356 e. The molecule has 7 rings (SSSR count). The van der Waals surface area contributed by atoms with E-state index in [1.54, 1.807) is 10.6 Å². The summed E-state index contributed by atoms with van der Waals surface area (Å²) in [6.45, 7) is 7.19. The second-order valence-electron chi connectivity index (χ2n) is 11.2. The lowest BCUT2D eigenvalue weighted by Gasteiger charge is -2.36. The van der Waals surface area contributed by atoms with Crippen LogP contribution in [-0.2, 0) is 10.0 Å². The standard InChI is InChI=1S/C28H35N9O2S/c1-20-7-5-8-21-27(20)28(30-19-29-21)36-12-4-3-9-23(36)22-17-25-31-24(33-10-6-11-33)18-26(37(25)32-22)34-13-15-35(16-14-34)40(2,38)39/h5,7-8,17-19,23H,3-4,6,9-16H2,1-2H3. The number of nitrogens with zero attached hydrogens (tertiary/aromatic N) is 9. The van der Waals surface area contributed by atoms with Crippen molar-refractivity contribution in [3.8, 4) is 0 Å². The Morgan fingerprint density at radius 2 is 1.73 bits per heavy atom. The maximum Gasteiger partial charge on any atom is 0.211 e. The second kappa shape index (κ2) is 9.84. The van der Waals surface area contributed by atoms with Crippen molar-refractivity contribution in [3.63, 3.8) is 0 Å². The first-order valence-electron chi connectivity index (χ1n) is 14.2. The minimum absolute atomic E-state index is 0.0792. The highest BCUT2D eigenvalue weighted by Crippen LogP contribution is 2.38. The SMILES string of the molecule is Cc1cccc2ncnc(N3CCCCC3c3cc4nc(N5CCC5)cc(N5CCN(S(C)(=O)=O)CC5)n4n3)c12. The van der Waals surface area contributed by atoms with Crippen LogP contribution in [0.1, 0.15) is 43.0 Å². The summed E-state index contributed by atoms with van der Waals surface area (Å²) in [6, 6.07) is 10.6. The lowest BCUT2D eigenvalue weighted by molar-refractivity contribution is 0.386. The van der Waals surface area contributed by atoms with Gasteiger partial charge in [-0.25, -0.2) is 23.4 Å². The fourth-order valence-electron chi connectivity index (χ4n) is 6.28. The van der Waals surface area contributed by atoms with Gasteiger partial charge in [0.15, 0.2) is 5.65 Å². The zero-order chi connectivity index (χ0) is 27.4. The molecule has 0 bridgehead atoms. The van der Waals surface area contributed by atoms with Gasteiger partial charge in [-0.05, 0) is 44.2 Å². The van der Waals surface area contributed by atoms with E-state index in [1.807, 2.05) is 10.6 Å². The van der Waals surface area contributed by atoms with Crippen LogP contribution in [0.15, 0.2) is 36.7 Å². The number of sulfonamides is 1. The van der Waals surface area contributed by atoms with Gasteiger partial charge in [0.1, 0.15) is 23.8 Å². The minimum atomic E-state index is -3.20. The van der Waals surface area contributed by atoms with Crippen LogP contribution in [0.2, 0.25) is 0 Å². The van der Waals surface area contributed by atoms with E-state index < -0.39 is 10.0 Å². The van der Waals surface area contributed by atoms with Crippen LogP contribution in [0.5, 0.6) is 0 Å². The van der Waals surface area contributed by atoms with Crippen molar-refractivity contribution in [2.24, 2.45) is 0 Å². The number of aryl methyl sites for hydroxylation is 1. The molecule has 0 amide bonds. The maximum absolute atomic E-state index is 12.1. The van der Waals surface area contributed by atoms with Gasteiger partial charge in [-0.2, -0.15) is 13.9 Å². The summed E-state index contributed by atoms with van der Waals surface area (Å²) in [6.07, 6.45) is 7.35. The molecular weight excluding hydrogens is 526 g/mol. The van der Waals surface area contributed by atoms with Gasteiger partial charge in [0.05, 0.1) is 23.5 Å². The molecule has 40 heavy (non-hydrogen) atoms. The molecule has 6 heterocycles. The Balaban J connectivity index is 1.29. The fourth-order valence-corrected chi connectivity index (χ4v) is 7.11. The first-order chi connectivity index (χ1) is 19.4. The van der Waals surface area contributed by atoms with Crippen LogP contribution in [0.4, 0.5) is 17.5 Å². The van der Waals surface area contributed by atoms with E-state index in [1.165, 1.54) is 18.2 Å². The predicted molar refractivity (Wildman–Crippen MR) is 157 cm³/mol. The van der Waals surface area contributed by atoms with Gasteiger partial charge in [-0.1, -0.05) is 12.1 Å². The average molecular weight is 562 g/mol. The van der Waals surface area contributed by atoms with E-state index in [0.717, 1.165) is 78.6 Å². The summed E-state index contributed by atoms with van der Waals surface area (Å²) in [5, 5.41) is 6.28. The highest BCUT2D eigenvalue weighted by Gasteiger charge is 2.31. The normalized spacial score (nSPS) is 20.9. The molecular formula is C28H35N9O2S. The van der Waals surface area contributed by atoms with E-state index >= 15 is 0 Å². The zero-order valence-electron chi connectivity index (χ0n) is 23.1. The van der Waals surface area contributed by atoms with Crippen LogP contribution in [0.3, 0.4) is 0 Å². The molecule has 0 saturated carbocycles. The molecule has 4 aromatic rings. The Kier molecular flexibility index (Phi) is 6.26. The summed E-state index contributed by atoms with van der Waals surface area (Å²) >= 11 is 0. The number of anilines is 3. The summed E-state index contributed by atoms with van der Waals surface area (Å²) in [5.74, 6) is 2.90. The van der Waals surface area contributed by atoms with Crippen LogP contribution in [0.25, 0.3) is 16.6 Å². The molecule has 3 fully saturated rings. The van der Waals surface area contributed by atoms with Gasteiger partial charge < -0.3 is 14.7 Å². The van der Waals surface area contributed by atoms with Crippen molar-refractivity contribution in [2.75, 3.05) is 66.8 Å². The Bertz CT molecular complexity index is 1670. The summed E-state index contributed by atoms with van der Waals surface area (Å²) < 4.78 is 27.8. The largest absolute Gasteiger partial charge is 0.356 e. The zero-order valence-corrected chi connectivity index (χ0v) is 23.9. The van der Waals surface area contributed by atoms with Crippen LogP contribution < -0.4 is 14.7 Å². The Morgan fingerprint density at radius 3 is 2.48 bits per heavy atom. The first kappa shape index (κ1) is 25.5. The van der Waals surface area contributed by atoms with E-state index in [0.29, 0.717) is 26.2 Å². The summed E-state index contributed by atoms with van der Waals surface area (Å²) in [7, 11) is -3.20. The third-order valence-electron chi connectivity index (χ3n) is 8.59. The number of hydrogen-bond donors (Lipinski definition) is 0. The van der Waals surface area contributed by atoms with Gasteiger partial charge >= 0.3 is 0 Å². The molecule has 0 N–H and O–H groups in total. The molecule has 210 valence electrons. The highest BCUT2D eigenvalue weighted by molar-refractivity contribution is 7.88. The average Bonchev–Trinajstić information content (AvgIpc) is 3.35. The number of hydrogen-bond acceptors (Lipinski definition) is 9. The molecule has 0 radical (unpaired) electrons. The van der Waals surface area contributed by atoms with Gasteiger partial charge in [-0.3, -0.25) is 0 Å². The molecule has 1 unspecified atom stereocenters. The summed E-state index contributed by atoms with van der Waals surface area (Å²) in [4.78, 5) is 21.3. The van der Waals surface area contributed by atoms with Gasteiger partial charge in [-0.15, -0.1) is 0 Å². The van der Waals surface area contributed by atoms with Crippen molar-refractivity contribution < 1.29 is 8.42 Å². The van der Waals surface area contributed by atoms with Crippen molar-refractivity contribution in [3.05, 3.63) is 47.9 Å². The lowest BCUT2D eigenvalue weighted by atomic mass is 9.98.